The zero-order chi connectivity index (χ0) is 41.2. The van der Waals surface area contributed by atoms with E-state index in [1.807, 2.05) is 0 Å². The molecule has 2 heteroatoms. The van der Waals surface area contributed by atoms with Gasteiger partial charge in [0.2, 0.25) is 0 Å². The number of hydrogen-bond acceptors (Lipinski definition) is 2. The second-order valence-corrected chi connectivity index (χ2v) is 17.5. The van der Waals surface area contributed by atoms with E-state index in [2.05, 4.69) is 231 Å². The molecule has 0 saturated carbocycles. The van der Waals surface area contributed by atoms with Crippen molar-refractivity contribution in [3.8, 4) is 44.9 Å². The summed E-state index contributed by atoms with van der Waals surface area (Å²) in [6, 6.07) is 78.5. The molecule has 1 heterocycles. The van der Waals surface area contributed by atoms with Crippen molar-refractivity contribution in [2.24, 2.45) is 0 Å². The number of ether oxygens (including phenoxy) is 1. The summed E-state index contributed by atoms with van der Waals surface area (Å²) in [5.41, 5.74) is 17.6. The van der Waals surface area contributed by atoms with Crippen molar-refractivity contribution < 1.29 is 4.74 Å². The molecule has 62 heavy (non-hydrogen) atoms. The fraction of sp³-hybridized carbons (Fsp3) is 0.0667. The largest absolute Gasteiger partial charge is 0.455 e. The van der Waals surface area contributed by atoms with Crippen LogP contribution in [0.5, 0.6) is 11.5 Å². The molecule has 1 aliphatic heterocycles. The number of fused-ring (bicyclic) bond motifs is 16. The van der Waals surface area contributed by atoms with Crippen molar-refractivity contribution in [3.63, 3.8) is 0 Å². The average molecular weight is 792 g/mol. The van der Waals surface area contributed by atoms with Gasteiger partial charge in [0.25, 0.3) is 0 Å². The van der Waals surface area contributed by atoms with Crippen molar-refractivity contribution in [1.82, 2.24) is 0 Å². The lowest BCUT2D eigenvalue weighted by atomic mass is 9.65. The van der Waals surface area contributed by atoms with Crippen LogP contribution in [0.15, 0.2) is 212 Å². The average Bonchev–Trinajstić information content (AvgIpc) is 3.75. The summed E-state index contributed by atoms with van der Waals surface area (Å²) in [5.74, 6) is 1.85. The second-order valence-electron chi connectivity index (χ2n) is 17.5. The molecule has 0 saturated heterocycles. The molecule has 0 radical (unpaired) electrons. The first-order chi connectivity index (χ1) is 30.5. The van der Waals surface area contributed by atoms with Gasteiger partial charge < -0.3 is 9.64 Å². The summed E-state index contributed by atoms with van der Waals surface area (Å²) in [6.07, 6.45) is 0. The molecule has 0 amide bonds. The van der Waals surface area contributed by atoms with Gasteiger partial charge in [-0.05, 0) is 79.5 Å². The number of rotatable bonds is 4. The van der Waals surface area contributed by atoms with E-state index in [0.717, 1.165) is 61.2 Å². The molecular formula is C60H41NO. The molecule has 0 atom stereocenters. The highest BCUT2D eigenvalue weighted by molar-refractivity contribution is 6.04. The number of benzene rings is 10. The summed E-state index contributed by atoms with van der Waals surface area (Å²) in [6.45, 7) is 4.74. The van der Waals surface area contributed by atoms with Crippen LogP contribution in [0.1, 0.15) is 47.2 Å². The minimum Gasteiger partial charge on any atom is -0.455 e. The Morgan fingerprint density at radius 3 is 1.65 bits per heavy atom. The zero-order valence-corrected chi connectivity index (χ0v) is 34.6. The number of anilines is 3. The Bertz CT molecular complexity index is 3400. The van der Waals surface area contributed by atoms with Crippen molar-refractivity contribution >= 4 is 38.6 Å². The van der Waals surface area contributed by atoms with Gasteiger partial charge in [-0.25, -0.2) is 0 Å². The third-order valence-corrected chi connectivity index (χ3v) is 14.1. The van der Waals surface area contributed by atoms with Crippen LogP contribution in [-0.4, -0.2) is 0 Å². The summed E-state index contributed by atoms with van der Waals surface area (Å²) in [4.78, 5) is 2.54. The summed E-state index contributed by atoms with van der Waals surface area (Å²) in [7, 11) is 0. The maximum Gasteiger partial charge on any atom is 0.140 e. The molecule has 0 aromatic heterocycles. The Morgan fingerprint density at radius 1 is 0.371 bits per heavy atom. The normalized spacial score (nSPS) is 14.4. The van der Waals surface area contributed by atoms with Gasteiger partial charge in [0.05, 0.1) is 16.8 Å². The first-order valence-corrected chi connectivity index (χ1v) is 21.7. The molecule has 292 valence electrons. The van der Waals surface area contributed by atoms with Gasteiger partial charge in [0.1, 0.15) is 11.5 Å². The molecule has 3 aliphatic rings. The zero-order valence-electron chi connectivity index (χ0n) is 34.6. The fourth-order valence-corrected chi connectivity index (χ4v) is 11.4. The van der Waals surface area contributed by atoms with Gasteiger partial charge in [0.15, 0.2) is 0 Å². The molecule has 1 spiro atoms. The first-order valence-electron chi connectivity index (χ1n) is 21.7. The maximum absolute atomic E-state index is 7.28. The van der Waals surface area contributed by atoms with Crippen molar-refractivity contribution in [3.05, 3.63) is 246 Å². The molecule has 0 fully saturated rings. The lowest BCUT2D eigenvalue weighted by Crippen LogP contribution is -2.32. The fourth-order valence-electron chi connectivity index (χ4n) is 11.4. The summed E-state index contributed by atoms with van der Waals surface area (Å²) < 4.78 is 7.28. The smallest absolute Gasteiger partial charge is 0.140 e. The Labute approximate surface area is 362 Å². The molecule has 10 aromatic carbocycles. The third-order valence-electron chi connectivity index (χ3n) is 14.1. The molecule has 2 aliphatic carbocycles. The predicted molar refractivity (Wildman–Crippen MR) is 257 cm³/mol. The Morgan fingerprint density at radius 2 is 0.919 bits per heavy atom. The van der Waals surface area contributed by atoms with Crippen molar-refractivity contribution in [1.29, 1.82) is 0 Å². The van der Waals surface area contributed by atoms with Gasteiger partial charge in [-0.2, -0.15) is 0 Å². The number of nitrogens with zero attached hydrogens (tertiary/aromatic N) is 1. The Balaban J connectivity index is 1.15. The lowest BCUT2D eigenvalue weighted by molar-refractivity contribution is 0.447. The molecule has 0 unspecified atom stereocenters. The highest BCUT2D eigenvalue weighted by Gasteiger charge is 2.53. The van der Waals surface area contributed by atoms with E-state index in [4.69, 9.17) is 4.74 Å². The summed E-state index contributed by atoms with van der Waals surface area (Å²) >= 11 is 0. The summed E-state index contributed by atoms with van der Waals surface area (Å²) in [5, 5.41) is 4.56. The van der Waals surface area contributed by atoms with Gasteiger partial charge in [-0.15, -0.1) is 0 Å². The molecule has 0 N–H and O–H groups in total. The van der Waals surface area contributed by atoms with Gasteiger partial charge in [-0.1, -0.05) is 202 Å². The standard InChI is InChI=1S/C60H41NO/c1-59(2)48-26-13-10-24-45(48)46-34-33-41(37-53(46)59)61(54-29-15-12-21-42(54)38-17-4-3-5-18-38)55-30-16-28-50-56(55)47-25-11-14-27-49(47)60(50)51-35-31-39-19-6-8-22-43(39)57(51)62-58-44-23-9-7-20-40(44)32-36-52(58)60/h3-37H,1-2H3. The van der Waals surface area contributed by atoms with Crippen LogP contribution in [-0.2, 0) is 10.8 Å². The SMILES string of the molecule is CC1(C)c2ccccc2-c2ccc(N(c3ccccc3-c3ccccc3)c3cccc4c3-c3ccccc3C43c4ccc5ccccc5c4Oc4c3ccc3ccccc43)cc21. The van der Waals surface area contributed by atoms with Crippen LogP contribution in [0.2, 0.25) is 0 Å². The topological polar surface area (TPSA) is 12.5 Å². The molecule has 0 bridgehead atoms. The van der Waals surface area contributed by atoms with E-state index in [1.54, 1.807) is 0 Å². The van der Waals surface area contributed by atoms with Crippen LogP contribution < -0.4 is 9.64 Å². The quantitative estimate of drug-likeness (QED) is 0.176. The van der Waals surface area contributed by atoms with E-state index in [9.17, 15) is 0 Å². The van der Waals surface area contributed by atoms with E-state index in [1.165, 1.54) is 55.6 Å². The van der Waals surface area contributed by atoms with E-state index in [0.29, 0.717) is 0 Å². The first kappa shape index (κ1) is 35.1. The Kier molecular flexibility index (Phi) is 7.31. The minimum atomic E-state index is -0.662. The monoisotopic (exact) mass is 791 g/mol. The van der Waals surface area contributed by atoms with Crippen LogP contribution in [0.3, 0.4) is 0 Å². The Hall–Kier alpha value is -7.68. The number of para-hydroxylation sites is 1. The highest BCUT2D eigenvalue weighted by Crippen LogP contribution is 2.66. The van der Waals surface area contributed by atoms with Crippen molar-refractivity contribution in [2.45, 2.75) is 24.7 Å². The molecular weight excluding hydrogens is 751 g/mol. The number of hydrogen-bond donors (Lipinski definition) is 0. The maximum atomic E-state index is 7.28. The van der Waals surface area contributed by atoms with Crippen LogP contribution >= 0.6 is 0 Å². The van der Waals surface area contributed by atoms with Gasteiger partial charge in [-0.3, -0.25) is 0 Å². The lowest BCUT2D eigenvalue weighted by Gasteiger charge is -2.40. The molecule has 2 nitrogen and oxygen atoms in total. The molecule has 10 aromatic rings. The van der Waals surface area contributed by atoms with E-state index < -0.39 is 5.41 Å². The van der Waals surface area contributed by atoms with Crippen molar-refractivity contribution in [2.75, 3.05) is 4.90 Å². The third kappa shape index (κ3) is 4.64. The van der Waals surface area contributed by atoms with Gasteiger partial charge in [0, 0.05) is 44.1 Å². The van der Waals surface area contributed by atoms with Crippen LogP contribution in [0.25, 0.3) is 54.9 Å². The second kappa shape index (κ2) is 12.9. The molecule has 13 rings (SSSR count). The van der Waals surface area contributed by atoms with E-state index in [-0.39, 0.29) is 5.41 Å². The van der Waals surface area contributed by atoms with Crippen LogP contribution in [0.4, 0.5) is 17.1 Å². The van der Waals surface area contributed by atoms with Gasteiger partial charge >= 0.3 is 0 Å². The highest BCUT2D eigenvalue weighted by atomic mass is 16.5. The predicted octanol–water partition coefficient (Wildman–Crippen LogP) is 15.9. The van der Waals surface area contributed by atoms with E-state index >= 15 is 0 Å². The minimum absolute atomic E-state index is 0.164. The van der Waals surface area contributed by atoms with Crippen LogP contribution in [0, 0.1) is 0 Å².